The summed E-state index contributed by atoms with van der Waals surface area (Å²) in [5.74, 6) is 2.84. The summed E-state index contributed by atoms with van der Waals surface area (Å²) in [6.07, 6.45) is 0. The van der Waals surface area contributed by atoms with Crippen LogP contribution in [0, 0.1) is 0 Å². The lowest BCUT2D eigenvalue weighted by Crippen LogP contribution is -2.14. The molecule has 1 aromatic heterocycles. The van der Waals surface area contributed by atoms with Gasteiger partial charge in [0.1, 0.15) is 23.9 Å². The van der Waals surface area contributed by atoms with Crippen LogP contribution < -0.4 is 19.5 Å². The number of thioether (sulfide) groups is 1. The van der Waals surface area contributed by atoms with E-state index in [1.165, 1.54) is 11.8 Å². The lowest BCUT2D eigenvalue weighted by molar-refractivity contribution is -0.113. The van der Waals surface area contributed by atoms with Gasteiger partial charge in [0.2, 0.25) is 5.91 Å². The fourth-order valence-corrected chi connectivity index (χ4v) is 3.91. The number of para-hydroxylation sites is 1. The molecule has 0 aliphatic heterocycles. The molecule has 0 radical (unpaired) electrons. The summed E-state index contributed by atoms with van der Waals surface area (Å²) < 4.78 is 18.2. The first kappa shape index (κ1) is 23.2. The Bertz CT molecular complexity index is 1210. The molecule has 0 spiro atoms. The minimum absolute atomic E-state index is 0.151. The first-order chi connectivity index (χ1) is 16.7. The van der Waals surface area contributed by atoms with Crippen molar-refractivity contribution in [2.75, 3.05) is 25.3 Å². The number of methoxy groups -OCH3 is 2. The zero-order chi connectivity index (χ0) is 23.8. The number of nitrogens with zero attached hydrogens (tertiary/aromatic N) is 3. The second kappa shape index (κ2) is 11.2. The van der Waals surface area contributed by atoms with Crippen molar-refractivity contribution in [2.24, 2.45) is 0 Å². The van der Waals surface area contributed by atoms with Crippen LogP contribution in [0.4, 0.5) is 5.69 Å². The molecule has 0 aliphatic carbocycles. The van der Waals surface area contributed by atoms with Crippen molar-refractivity contribution >= 4 is 23.4 Å². The zero-order valence-electron chi connectivity index (χ0n) is 18.8. The summed E-state index contributed by atoms with van der Waals surface area (Å²) in [4.78, 5) is 12.5. The average Bonchev–Trinajstić information content (AvgIpc) is 3.30. The average molecular weight is 477 g/mol. The maximum Gasteiger partial charge on any atom is 0.234 e. The van der Waals surface area contributed by atoms with Crippen molar-refractivity contribution in [1.82, 2.24) is 14.8 Å². The molecule has 0 atom stereocenters. The van der Waals surface area contributed by atoms with Crippen LogP contribution >= 0.6 is 11.8 Å². The van der Waals surface area contributed by atoms with E-state index < -0.39 is 0 Å². The van der Waals surface area contributed by atoms with Gasteiger partial charge < -0.3 is 19.5 Å². The van der Waals surface area contributed by atoms with Gasteiger partial charge in [0.15, 0.2) is 11.0 Å². The number of anilines is 1. The SMILES string of the molecule is COc1ccc(NC(=O)CSc2nnc(COc3ccccc3)n2-c2ccc(OC)cc2)cc1. The number of aromatic nitrogens is 3. The Kier molecular flexibility index (Phi) is 7.67. The van der Waals surface area contributed by atoms with Crippen LogP contribution in [0.5, 0.6) is 17.2 Å². The zero-order valence-corrected chi connectivity index (χ0v) is 19.6. The van der Waals surface area contributed by atoms with E-state index in [0.29, 0.717) is 16.7 Å². The molecule has 0 fully saturated rings. The van der Waals surface area contributed by atoms with Crippen LogP contribution in [0.15, 0.2) is 84.0 Å². The van der Waals surface area contributed by atoms with Crippen molar-refractivity contribution in [3.05, 3.63) is 84.7 Å². The normalized spacial score (nSPS) is 10.5. The summed E-state index contributed by atoms with van der Waals surface area (Å²) in [5.41, 5.74) is 1.54. The molecule has 9 heteroatoms. The fraction of sp³-hybridized carbons (Fsp3) is 0.160. The quantitative estimate of drug-likeness (QED) is 0.335. The third-order valence-electron chi connectivity index (χ3n) is 4.85. The Morgan fingerprint density at radius 1 is 0.853 bits per heavy atom. The highest BCUT2D eigenvalue weighted by Crippen LogP contribution is 2.25. The summed E-state index contributed by atoms with van der Waals surface area (Å²) in [5, 5.41) is 12.1. The van der Waals surface area contributed by atoms with E-state index in [0.717, 1.165) is 22.9 Å². The number of carbonyl (C=O) groups is 1. The van der Waals surface area contributed by atoms with Crippen LogP contribution in [0.25, 0.3) is 5.69 Å². The summed E-state index contributed by atoms with van der Waals surface area (Å²) in [6, 6.07) is 24.2. The van der Waals surface area contributed by atoms with E-state index in [9.17, 15) is 4.79 Å². The third-order valence-corrected chi connectivity index (χ3v) is 5.78. The lowest BCUT2D eigenvalue weighted by atomic mass is 10.3. The van der Waals surface area contributed by atoms with Gasteiger partial charge in [0.25, 0.3) is 0 Å². The van der Waals surface area contributed by atoms with Crippen molar-refractivity contribution in [2.45, 2.75) is 11.8 Å². The maximum atomic E-state index is 12.5. The molecule has 1 amide bonds. The highest BCUT2D eigenvalue weighted by atomic mass is 32.2. The summed E-state index contributed by atoms with van der Waals surface area (Å²) in [7, 11) is 3.22. The number of amides is 1. The summed E-state index contributed by atoms with van der Waals surface area (Å²) in [6.45, 7) is 0.224. The first-order valence-electron chi connectivity index (χ1n) is 10.5. The van der Waals surface area contributed by atoms with Crippen LogP contribution in [0.1, 0.15) is 5.82 Å². The minimum Gasteiger partial charge on any atom is -0.497 e. The predicted octanol–water partition coefficient (Wildman–Crippen LogP) is 4.59. The molecule has 4 aromatic rings. The molecule has 0 saturated heterocycles. The van der Waals surface area contributed by atoms with E-state index >= 15 is 0 Å². The molecule has 0 unspecified atom stereocenters. The number of rotatable bonds is 10. The highest BCUT2D eigenvalue weighted by Gasteiger charge is 2.17. The monoisotopic (exact) mass is 476 g/mol. The molecule has 34 heavy (non-hydrogen) atoms. The van der Waals surface area contributed by atoms with E-state index in [1.807, 2.05) is 59.2 Å². The molecule has 1 N–H and O–H groups in total. The van der Waals surface area contributed by atoms with Crippen LogP contribution in [0.3, 0.4) is 0 Å². The molecule has 0 aliphatic rings. The number of ether oxygens (including phenoxy) is 3. The van der Waals surface area contributed by atoms with Gasteiger partial charge in [-0.2, -0.15) is 0 Å². The molecule has 4 rings (SSSR count). The summed E-state index contributed by atoms with van der Waals surface area (Å²) >= 11 is 1.30. The highest BCUT2D eigenvalue weighted by molar-refractivity contribution is 7.99. The topological polar surface area (TPSA) is 87.5 Å². The second-order valence-corrected chi connectivity index (χ2v) is 8.04. The van der Waals surface area contributed by atoms with E-state index in [-0.39, 0.29) is 18.3 Å². The van der Waals surface area contributed by atoms with Crippen LogP contribution in [0.2, 0.25) is 0 Å². The number of carbonyl (C=O) groups excluding carboxylic acids is 1. The largest absolute Gasteiger partial charge is 0.497 e. The van der Waals surface area contributed by atoms with Gasteiger partial charge in [-0.3, -0.25) is 9.36 Å². The fourth-order valence-electron chi connectivity index (χ4n) is 3.14. The second-order valence-electron chi connectivity index (χ2n) is 7.10. The maximum absolute atomic E-state index is 12.5. The van der Waals surface area contributed by atoms with Gasteiger partial charge >= 0.3 is 0 Å². The molecule has 0 bridgehead atoms. The molecular weight excluding hydrogens is 452 g/mol. The number of nitrogens with one attached hydrogen (secondary N) is 1. The third kappa shape index (κ3) is 5.87. The number of hydrogen-bond acceptors (Lipinski definition) is 7. The lowest BCUT2D eigenvalue weighted by Gasteiger charge is -2.12. The van der Waals surface area contributed by atoms with Gasteiger partial charge in [-0.05, 0) is 60.7 Å². The minimum atomic E-state index is -0.151. The number of benzene rings is 3. The Morgan fingerprint density at radius 3 is 2.15 bits per heavy atom. The van der Waals surface area contributed by atoms with Gasteiger partial charge in [0.05, 0.1) is 20.0 Å². The van der Waals surface area contributed by atoms with Crippen LogP contribution in [-0.2, 0) is 11.4 Å². The number of hydrogen-bond donors (Lipinski definition) is 1. The van der Waals surface area contributed by atoms with Gasteiger partial charge in [-0.1, -0.05) is 30.0 Å². The van der Waals surface area contributed by atoms with Crippen molar-refractivity contribution in [3.8, 4) is 22.9 Å². The van der Waals surface area contributed by atoms with Crippen molar-refractivity contribution in [3.63, 3.8) is 0 Å². The van der Waals surface area contributed by atoms with E-state index in [1.54, 1.807) is 38.5 Å². The van der Waals surface area contributed by atoms with E-state index in [2.05, 4.69) is 15.5 Å². The van der Waals surface area contributed by atoms with Crippen LogP contribution in [-0.4, -0.2) is 40.6 Å². The molecule has 8 nitrogen and oxygen atoms in total. The Labute approximate surface area is 201 Å². The van der Waals surface area contributed by atoms with Crippen molar-refractivity contribution < 1.29 is 19.0 Å². The standard InChI is InChI=1S/C25H24N4O4S/c1-31-20-12-8-18(9-13-20)26-24(30)17-34-25-28-27-23(16-33-22-6-4-3-5-7-22)29(25)19-10-14-21(32-2)15-11-19/h3-15H,16-17H2,1-2H3,(H,26,30). The molecule has 3 aromatic carbocycles. The Morgan fingerprint density at radius 2 is 1.50 bits per heavy atom. The first-order valence-corrected chi connectivity index (χ1v) is 11.5. The Balaban J connectivity index is 1.49. The predicted molar refractivity (Wildman–Crippen MR) is 131 cm³/mol. The molecule has 1 heterocycles. The van der Waals surface area contributed by atoms with Gasteiger partial charge in [-0.15, -0.1) is 10.2 Å². The van der Waals surface area contributed by atoms with E-state index in [4.69, 9.17) is 14.2 Å². The van der Waals surface area contributed by atoms with Crippen molar-refractivity contribution in [1.29, 1.82) is 0 Å². The molecule has 0 saturated carbocycles. The Hall–Kier alpha value is -3.98. The van der Waals surface area contributed by atoms with Gasteiger partial charge in [0, 0.05) is 11.4 Å². The molecular formula is C25H24N4O4S. The smallest absolute Gasteiger partial charge is 0.234 e. The molecule has 174 valence electrons. The van der Waals surface area contributed by atoms with Gasteiger partial charge in [-0.25, -0.2) is 0 Å².